The number of para-hydroxylation sites is 1. The van der Waals surface area contributed by atoms with Crippen LogP contribution in [0.1, 0.15) is 37.1 Å². The minimum Gasteiger partial charge on any atom is -0.491 e. The first-order valence-electron chi connectivity index (χ1n) is 14.3. The Bertz CT molecular complexity index is 1320. The monoisotopic (exact) mass is 523 g/mol. The van der Waals surface area contributed by atoms with Crippen LogP contribution in [0.25, 0.3) is 28.2 Å². The minimum absolute atomic E-state index is 0.716. The molecule has 5 rings (SSSR count). The number of aryl methyl sites for hydroxylation is 2. The first kappa shape index (κ1) is 27.1. The number of ether oxygens (including phenoxy) is 1. The molecule has 0 amide bonds. The third kappa shape index (κ3) is 6.75. The predicted octanol–water partition coefficient (Wildman–Crippen LogP) is 6.40. The second-order valence-electron chi connectivity index (χ2n) is 10.7. The Hall–Kier alpha value is -3.48. The molecule has 3 aromatic carbocycles. The Balaban J connectivity index is 1.22. The molecule has 6 heteroatoms. The largest absolute Gasteiger partial charge is 0.491 e. The standard InChI is InChI=1S/C33H41N5O/c1-26-12-11-15-31(39-25-10-5-4-9-20-37-23-21-36(3)22-24-37)32(26)38-27(2)34-35-33(38)30-18-16-29(17-19-30)28-13-7-6-8-14-28/h6-8,11-19H,4-5,9-10,20-25H2,1-3H3. The van der Waals surface area contributed by atoms with Crippen LogP contribution in [-0.4, -0.2) is 70.9 Å². The maximum Gasteiger partial charge on any atom is 0.168 e. The number of aromatic nitrogens is 3. The van der Waals surface area contributed by atoms with E-state index in [1.165, 1.54) is 63.1 Å². The highest BCUT2D eigenvalue weighted by Crippen LogP contribution is 2.32. The van der Waals surface area contributed by atoms with Crippen molar-refractivity contribution in [3.8, 4) is 34.0 Å². The zero-order valence-electron chi connectivity index (χ0n) is 23.6. The van der Waals surface area contributed by atoms with Gasteiger partial charge in [-0.15, -0.1) is 10.2 Å². The van der Waals surface area contributed by atoms with Gasteiger partial charge in [-0.05, 0) is 63.0 Å². The molecule has 0 bridgehead atoms. The highest BCUT2D eigenvalue weighted by Gasteiger charge is 2.19. The van der Waals surface area contributed by atoms with E-state index in [1.807, 2.05) is 13.0 Å². The summed E-state index contributed by atoms with van der Waals surface area (Å²) in [5, 5.41) is 9.03. The number of unbranched alkanes of at least 4 members (excludes halogenated alkanes) is 3. The van der Waals surface area contributed by atoms with Crippen molar-refractivity contribution >= 4 is 0 Å². The second kappa shape index (κ2) is 13.0. The number of hydrogen-bond acceptors (Lipinski definition) is 5. The van der Waals surface area contributed by atoms with Gasteiger partial charge in [0.15, 0.2) is 5.82 Å². The Labute approximate surface area is 233 Å². The Morgan fingerprint density at radius 2 is 1.38 bits per heavy atom. The van der Waals surface area contributed by atoms with Gasteiger partial charge >= 0.3 is 0 Å². The number of likely N-dealkylation sites (N-methyl/N-ethyl adjacent to an activating group) is 1. The fraction of sp³-hybridized carbons (Fsp3) is 0.394. The number of rotatable bonds is 11. The third-order valence-electron chi connectivity index (χ3n) is 7.72. The van der Waals surface area contributed by atoms with Crippen LogP contribution in [0.2, 0.25) is 0 Å². The fourth-order valence-corrected chi connectivity index (χ4v) is 5.34. The molecule has 0 radical (unpaired) electrons. The van der Waals surface area contributed by atoms with Crippen LogP contribution in [0.4, 0.5) is 0 Å². The van der Waals surface area contributed by atoms with E-state index < -0.39 is 0 Å². The minimum atomic E-state index is 0.716. The van der Waals surface area contributed by atoms with Crippen LogP contribution in [0.15, 0.2) is 72.8 Å². The quantitative estimate of drug-likeness (QED) is 0.213. The molecule has 204 valence electrons. The van der Waals surface area contributed by atoms with Gasteiger partial charge in [0, 0.05) is 31.7 Å². The predicted molar refractivity (Wildman–Crippen MR) is 160 cm³/mol. The van der Waals surface area contributed by atoms with Gasteiger partial charge in [0.05, 0.1) is 12.3 Å². The molecule has 0 unspecified atom stereocenters. The SMILES string of the molecule is Cc1cccc(OCCCCCCN2CCN(C)CC2)c1-n1c(C)nnc1-c1ccc(-c2ccccc2)cc1. The molecule has 1 aromatic heterocycles. The van der Waals surface area contributed by atoms with Crippen molar-refractivity contribution in [3.05, 3.63) is 84.2 Å². The maximum atomic E-state index is 6.38. The van der Waals surface area contributed by atoms with Gasteiger partial charge in [-0.1, -0.05) is 79.6 Å². The molecule has 2 heterocycles. The lowest BCUT2D eigenvalue weighted by atomic mass is 10.0. The van der Waals surface area contributed by atoms with E-state index >= 15 is 0 Å². The summed E-state index contributed by atoms with van der Waals surface area (Å²) in [5.41, 5.74) is 5.59. The van der Waals surface area contributed by atoms with Gasteiger partial charge in [0.25, 0.3) is 0 Å². The first-order valence-corrected chi connectivity index (χ1v) is 14.3. The van der Waals surface area contributed by atoms with Gasteiger partial charge in [0.2, 0.25) is 0 Å². The highest BCUT2D eigenvalue weighted by molar-refractivity contribution is 5.69. The average molecular weight is 524 g/mol. The van der Waals surface area contributed by atoms with Gasteiger partial charge < -0.3 is 14.5 Å². The van der Waals surface area contributed by atoms with E-state index in [1.54, 1.807) is 0 Å². The molecule has 1 fully saturated rings. The molecule has 0 saturated carbocycles. The van der Waals surface area contributed by atoms with E-state index in [-0.39, 0.29) is 0 Å². The molecular formula is C33H41N5O. The van der Waals surface area contributed by atoms with Crippen LogP contribution >= 0.6 is 0 Å². The smallest absolute Gasteiger partial charge is 0.168 e. The fourth-order valence-electron chi connectivity index (χ4n) is 5.34. The number of hydrogen-bond donors (Lipinski definition) is 0. The Morgan fingerprint density at radius 3 is 2.15 bits per heavy atom. The lowest BCUT2D eigenvalue weighted by Crippen LogP contribution is -2.44. The van der Waals surface area contributed by atoms with Crippen molar-refractivity contribution in [1.29, 1.82) is 0 Å². The molecule has 0 aliphatic carbocycles. The van der Waals surface area contributed by atoms with Gasteiger partial charge in [-0.2, -0.15) is 0 Å². The number of benzene rings is 3. The van der Waals surface area contributed by atoms with Crippen LogP contribution in [0, 0.1) is 13.8 Å². The van der Waals surface area contributed by atoms with E-state index in [2.05, 4.69) is 105 Å². The van der Waals surface area contributed by atoms with E-state index in [4.69, 9.17) is 4.74 Å². The van der Waals surface area contributed by atoms with Crippen molar-refractivity contribution in [1.82, 2.24) is 24.6 Å². The summed E-state index contributed by atoms with van der Waals surface area (Å²) >= 11 is 0. The zero-order valence-corrected chi connectivity index (χ0v) is 23.6. The molecule has 39 heavy (non-hydrogen) atoms. The van der Waals surface area contributed by atoms with Crippen LogP contribution in [0.3, 0.4) is 0 Å². The summed E-state index contributed by atoms with van der Waals surface area (Å²) in [5.74, 6) is 2.56. The summed E-state index contributed by atoms with van der Waals surface area (Å²) in [6.45, 7) is 10.9. The Kier molecular flexibility index (Phi) is 9.07. The third-order valence-corrected chi connectivity index (χ3v) is 7.72. The average Bonchev–Trinajstić information content (AvgIpc) is 3.34. The molecular weight excluding hydrogens is 482 g/mol. The molecule has 1 saturated heterocycles. The lowest BCUT2D eigenvalue weighted by molar-refractivity contribution is 0.151. The molecule has 0 atom stereocenters. The van der Waals surface area contributed by atoms with Gasteiger partial charge in [0.1, 0.15) is 11.6 Å². The Morgan fingerprint density at radius 1 is 0.692 bits per heavy atom. The van der Waals surface area contributed by atoms with Crippen molar-refractivity contribution in [2.75, 3.05) is 46.4 Å². The van der Waals surface area contributed by atoms with Crippen LogP contribution < -0.4 is 4.74 Å². The topological polar surface area (TPSA) is 46.4 Å². The van der Waals surface area contributed by atoms with E-state index in [0.717, 1.165) is 40.6 Å². The molecule has 1 aliphatic heterocycles. The normalized spacial score (nSPS) is 14.5. The molecule has 4 aromatic rings. The number of nitrogens with zero attached hydrogens (tertiary/aromatic N) is 5. The van der Waals surface area contributed by atoms with Crippen molar-refractivity contribution < 1.29 is 4.74 Å². The van der Waals surface area contributed by atoms with E-state index in [9.17, 15) is 0 Å². The zero-order chi connectivity index (χ0) is 27.0. The lowest BCUT2D eigenvalue weighted by Gasteiger charge is -2.32. The molecule has 6 nitrogen and oxygen atoms in total. The van der Waals surface area contributed by atoms with Gasteiger partial charge in [-0.3, -0.25) is 4.57 Å². The summed E-state index contributed by atoms with van der Waals surface area (Å²) in [6, 6.07) is 25.3. The second-order valence-corrected chi connectivity index (χ2v) is 10.7. The highest BCUT2D eigenvalue weighted by atomic mass is 16.5. The van der Waals surface area contributed by atoms with Crippen molar-refractivity contribution in [2.45, 2.75) is 39.5 Å². The summed E-state index contributed by atoms with van der Waals surface area (Å²) in [6.07, 6.45) is 4.78. The molecule has 0 N–H and O–H groups in total. The molecule has 0 spiro atoms. The summed E-state index contributed by atoms with van der Waals surface area (Å²) in [7, 11) is 2.21. The molecule has 1 aliphatic rings. The summed E-state index contributed by atoms with van der Waals surface area (Å²) < 4.78 is 8.52. The van der Waals surface area contributed by atoms with Gasteiger partial charge in [-0.25, -0.2) is 0 Å². The maximum absolute atomic E-state index is 6.38. The van der Waals surface area contributed by atoms with Crippen molar-refractivity contribution in [2.24, 2.45) is 0 Å². The van der Waals surface area contributed by atoms with E-state index in [0.29, 0.717) is 6.61 Å². The summed E-state index contributed by atoms with van der Waals surface area (Å²) in [4.78, 5) is 5.02. The van der Waals surface area contributed by atoms with Crippen LogP contribution in [0.5, 0.6) is 5.75 Å². The van der Waals surface area contributed by atoms with Crippen molar-refractivity contribution in [3.63, 3.8) is 0 Å². The first-order chi connectivity index (χ1) is 19.1. The number of piperazine rings is 1. The van der Waals surface area contributed by atoms with Crippen LogP contribution in [-0.2, 0) is 0 Å².